The summed E-state index contributed by atoms with van der Waals surface area (Å²) in [6.45, 7) is 6.68. The fraction of sp³-hybridized carbons (Fsp3) is 1.00. The summed E-state index contributed by atoms with van der Waals surface area (Å²) in [5.74, 6) is 0.863. The standard InChI is InChI=1S/C7H17N/c1-4-6(2)5-7(3)8/h6-7H,4-5,8H2,1-3H3/p+1/t6-,7-/m0/s1. The van der Waals surface area contributed by atoms with Gasteiger partial charge in [-0.05, 0) is 12.8 Å². The van der Waals surface area contributed by atoms with E-state index in [0.29, 0.717) is 6.04 Å². The summed E-state index contributed by atoms with van der Waals surface area (Å²) in [6, 6.07) is 0.630. The third-order valence-corrected chi connectivity index (χ3v) is 1.50. The Labute approximate surface area is 52.3 Å². The lowest BCUT2D eigenvalue weighted by molar-refractivity contribution is -0.417. The lowest BCUT2D eigenvalue weighted by Crippen LogP contribution is -2.59. The van der Waals surface area contributed by atoms with Crippen LogP contribution >= 0.6 is 0 Å². The van der Waals surface area contributed by atoms with Gasteiger partial charge in [0.1, 0.15) is 0 Å². The van der Waals surface area contributed by atoms with Crippen molar-refractivity contribution in [2.75, 3.05) is 0 Å². The first-order valence-electron chi connectivity index (χ1n) is 3.49. The van der Waals surface area contributed by atoms with Crippen LogP contribution in [0.15, 0.2) is 0 Å². The Morgan fingerprint density at radius 3 is 2.00 bits per heavy atom. The summed E-state index contributed by atoms with van der Waals surface area (Å²) in [6.07, 6.45) is 2.57. The molecule has 0 heterocycles. The van der Waals surface area contributed by atoms with E-state index in [1.807, 2.05) is 0 Å². The second-order valence-electron chi connectivity index (χ2n) is 2.85. The molecule has 0 aliphatic rings. The molecule has 0 amide bonds. The van der Waals surface area contributed by atoms with E-state index in [9.17, 15) is 0 Å². The maximum absolute atomic E-state index is 3.93. The van der Waals surface area contributed by atoms with Gasteiger partial charge in [0, 0.05) is 6.42 Å². The number of rotatable bonds is 3. The zero-order valence-corrected chi connectivity index (χ0v) is 6.28. The predicted molar refractivity (Wildman–Crippen MR) is 36.4 cm³/mol. The van der Waals surface area contributed by atoms with E-state index in [2.05, 4.69) is 26.5 Å². The number of hydrogen-bond acceptors (Lipinski definition) is 0. The van der Waals surface area contributed by atoms with Gasteiger partial charge in [-0.25, -0.2) is 0 Å². The molecule has 0 saturated carbocycles. The number of quaternary nitrogens is 1. The summed E-state index contributed by atoms with van der Waals surface area (Å²) >= 11 is 0. The van der Waals surface area contributed by atoms with Crippen LogP contribution in [-0.4, -0.2) is 6.04 Å². The highest BCUT2D eigenvalue weighted by atomic mass is 14.6. The van der Waals surface area contributed by atoms with E-state index in [0.717, 1.165) is 5.92 Å². The van der Waals surface area contributed by atoms with Gasteiger partial charge in [0.05, 0.1) is 6.04 Å². The van der Waals surface area contributed by atoms with Crippen LogP contribution in [0.25, 0.3) is 0 Å². The molecule has 50 valence electrons. The molecule has 0 aromatic carbocycles. The van der Waals surface area contributed by atoms with Gasteiger partial charge in [-0.15, -0.1) is 0 Å². The molecule has 0 aliphatic heterocycles. The second kappa shape index (κ2) is 3.90. The second-order valence-corrected chi connectivity index (χ2v) is 2.85. The molecule has 0 fully saturated rings. The van der Waals surface area contributed by atoms with Gasteiger partial charge in [-0.2, -0.15) is 0 Å². The first kappa shape index (κ1) is 7.96. The highest BCUT2D eigenvalue weighted by molar-refractivity contribution is 4.52. The third-order valence-electron chi connectivity index (χ3n) is 1.50. The van der Waals surface area contributed by atoms with Gasteiger partial charge < -0.3 is 5.73 Å². The minimum Gasteiger partial charge on any atom is -0.355 e. The van der Waals surface area contributed by atoms with Crippen LogP contribution in [0, 0.1) is 5.92 Å². The van der Waals surface area contributed by atoms with E-state index < -0.39 is 0 Å². The highest BCUT2D eigenvalue weighted by Gasteiger charge is 2.03. The molecule has 0 aromatic rings. The molecule has 3 N–H and O–H groups in total. The van der Waals surface area contributed by atoms with Gasteiger partial charge in [-0.3, -0.25) is 0 Å². The van der Waals surface area contributed by atoms with Crippen molar-refractivity contribution in [2.45, 2.75) is 39.7 Å². The van der Waals surface area contributed by atoms with Gasteiger partial charge in [-0.1, -0.05) is 20.3 Å². The average Bonchev–Trinajstić information content (AvgIpc) is 1.65. The summed E-state index contributed by atoms with van der Waals surface area (Å²) in [5, 5.41) is 0. The molecular weight excluding hydrogens is 98.1 g/mol. The molecule has 0 aromatic heterocycles. The molecular formula is C7H18N+. The molecule has 0 rings (SSSR count). The zero-order chi connectivity index (χ0) is 6.57. The molecule has 0 bridgehead atoms. The topological polar surface area (TPSA) is 27.6 Å². The molecule has 0 saturated heterocycles. The first-order valence-corrected chi connectivity index (χ1v) is 3.49. The SMILES string of the molecule is CC[C@H](C)C[C@H](C)[NH3+]. The largest absolute Gasteiger partial charge is 0.355 e. The van der Waals surface area contributed by atoms with E-state index in [4.69, 9.17) is 0 Å². The van der Waals surface area contributed by atoms with Crippen LogP contribution in [0.2, 0.25) is 0 Å². The zero-order valence-electron chi connectivity index (χ0n) is 6.28. The Kier molecular flexibility index (Phi) is 3.88. The molecule has 0 aliphatic carbocycles. The van der Waals surface area contributed by atoms with Crippen molar-refractivity contribution in [3.63, 3.8) is 0 Å². The Morgan fingerprint density at radius 2 is 1.88 bits per heavy atom. The van der Waals surface area contributed by atoms with Crippen molar-refractivity contribution in [1.29, 1.82) is 0 Å². The van der Waals surface area contributed by atoms with E-state index in [-0.39, 0.29) is 0 Å². The first-order chi connectivity index (χ1) is 3.66. The van der Waals surface area contributed by atoms with E-state index >= 15 is 0 Å². The molecule has 0 radical (unpaired) electrons. The Hall–Kier alpha value is -0.0400. The van der Waals surface area contributed by atoms with Crippen molar-refractivity contribution in [3.8, 4) is 0 Å². The van der Waals surface area contributed by atoms with E-state index in [1.54, 1.807) is 0 Å². The van der Waals surface area contributed by atoms with E-state index in [1.165, 1.54) is 12.8 Å². The fourth-order valence-electron chi connectivity index (χ4n) is 0.854. The highest BCUT2D eigenvalue weighted by Crippen LogP contribution is 2.06. The fourth-order valence-corrected chi connectivity index (χ4v) is 0.854. The number of hydrogen-bond donors (Lipinski definition) is 1. The quantitative estimate of drug-likeness (QED) is 0.571. The average molecular weight is 116 g/mol. The van der Waals surface area contributed by atoms with Crippen molar-refractivity contribution in [1.82, 2.24) is 0 Å². The Balaban J connectivity index is 3.10. The van der Waals surface area contributed by atoms with Crippen molar-refractivity contribution < 1.29 is 5.73 Å². The van der Waals surface area contributed by atoms with Crippen LogP contribution < -0.4 is 5.73 Å². The molecule has 0 unspecified atom stereocenters. The van der Waals surface area contributed by atoms with Crippen molar-refractivity contribution >= 4 is 0 Å². The van der Waals surface area contributed by atoms with Crippen LogP contribution in [0.1, 0.15) is 33.6 Å². The van der Waals surface area contributed by atoms with Crippen LogP contribution in [0.5, 0.6) is 0 Å². The van der Waals surface area contributed by atoms with Crippen LogP contribution in [0.4, 0.5) is 0 Å². The molecule has 1 nitrogen and oxygen atoms in total. The molecule has 8 heavy (non-hydrogen) atoms. The lowest BCUT2D eigenvalue weighted by atomic mass is 10.0. The monoisotopic (exact) mass is 116 g/mol. The maximum atomic E-state index is 3.93. The lowest BCUT2D eigenvalue weighted by Gasteiger charge is -2.07. The maximum Gasteiger partial charge on any atom is 0.0817 e. The van der Waals surface area contributed by atoms with Gasteiger partial charge in [0.25, 0.3) is 0 Å². The smallest absolute Gasteiger partial charge is 0.0817 e. The Morgan fingerprint density at radius 1 is 1.38 bits per heavy atom. The Bertz CT molecular complexity index is 50.3. The molecule has 0 spiro atoms. The summed E-state index contributed by atoms with van der Waals surface area (Å²) < 4.78 is 0. The van der Waals surface area contributed by atoms with Gasteiger partial charge in [0.15, 0.2) is 0 Å². The van der Waals surface area contributed by atoms with Gasteiger partial charge in [0.2, 0.25) is 0 Å². The predicted octanol–water partition coefficient (Wildman–Crippen LogP) is 1.05. The normalized spacial score (nSPS) is 18.0. The minimum absolute atomic E-state index is 0.630. The summed E-state index contributed by atoms with van der Waals surface area (Å²) in [5.41, 5.74) is 3.93. The summed E-state index contributed by atoms with van der Waals surface area (Å²) in [4.78, 5) is 0. The third kappa shape index (κ3) is 4.13. The summed E-state index contributed by atoms with van der Waals surface area (Å²) in [7, 11) is 0. The van der Waals surface area contributed by atoms with Gasteiger partial charge >= 0.3 is 0 Å². The van der Waals surface area contributed by atoms with Crippen molar-refractivity contribution in [3.05, 3.63) is 0 Å². The molecule has 1 heteroatoms. The molecule has 2 atom stereocenters. The van der Waals surface area contributed by atoms with Crippen LogP contribution in [-0.2, 0) is 0 Å². The minimum atomic E-state index is 0.630. The van der Waals surface area contributed by atoms with Crippen molar-refractivity contribution in [2.24, 2.45) is 5.92 Å². The van der Waals surface area contributed by atoms with Crippen LogP contribution in [0.3, 0.4) is 0 Å².